The molecule has 0 saturated heterocycles. The summed E-state index contributed by atoms with van der Waals surface area (Å²) in [4.78, 5) is 12.3. The Hall–Kier alpha value is -1.92. The number of anilines is 1. The van der Waals surface area contributed by atoms with Gasteiger partial charge in [-0.05, 0) is 31.4 Å². The van der Waals surface area contributed by atoms with E-state index in [0.717, 1.165) is 0 Å². The van der Waals surface area contributed by atoms with Gasteiger partial charge in [0.25, 0.3) is 0 Å². The van der Waals surface area contributed by atoms with Crippen molar-refractivity contribution in [2.24, 2.45) is 11.8 Å². The summed E-state index contributed by atoms with van der Waals surface area (Å²) < 4.78 is 48.8. The second-order valence-electron chi connectivity index (χ2n) is 5.66. The molecule has 23 heavy (non-hydrogen) atoms. The number of hydrogen-bond acceptors (Lipinski definition) is 3. The Kier molecular flexibility index (Phi) is 5.38. The molecule has 0 heterocycles. The molecule has 0 spiro atoms. The molecular weight excluding hydrogens is 311 g/mol. The van der Waals surface area contributed by atoms with Crippen molar-refractivity contribution < 1.29 is 27.4 Å². The molecule has 0 radical (unpaired) electrons. The molecule has 1 fully saturated rings. The van der Waals surface area contributed by atoms with E-state index in [-0.39, 0.29) is 12.8 Å². The summed E-state index contributed by atoms with van der Waals surface area (Å²) in [7, 11) is 2.96. The van der Waals surface area contributed by atoms with Crippen LogP contribution >= 0.6 is 0 Å². The smallest absolute Gasteiger partial charge is 0.391 e. The van der Waals surface area contributed by atoms with Crippen molar-refractivity contribution in [1.29, 1.82) is 0 Å². The van der Waals surface area contributed by atoms with Crippen LogP contribution in [0, 0.1) is 11.8 Å². The van der Waals surface area contributed by atoms with E-state index in [4.69, 9.17) is 9.47 Å². The fourth-order valence-corrected chi connectivity index (χ4v) is 2.86. The van der Waals surface area contributed by atoms with Gasteiger partial charge in [-0.2, -0.15) is 13.2 Å². The summed E-state index contributed by atoms with van der Waals surface area (Å²) >= 11 is 0. The van der Waals surface area contributed by atoms with Gasteiger partial charge in [-0.1, -0.05) is 6.42 Å². The fourth-order valence-electron chi connectivity index (χ4n) is 2.86. The van der Waals surface area contributed by atoms with E-state index in [2.05, 4.69) is 5.32 Å². The van der Waals surface area contributed by atoms with E-state index in [1.807, 2.05) is 0 Å². The quantitative estimate of drug-likeness (QED) is 0.907. The molecule has 1 amide bonds. The van der Waals surface area contributed by atoms with Crippen LogP contribution in [0.2, 0.25) is 0 Å². The molecule has 2 unspecified atom stereocenters. The zero-order valence-electron chi connectivity index (χ0n) is 13.1. The normalized spacial score (nSPS) is 21.6. The van der Waals surface area contributed by atoms with Gasteiger partial charge in [0.05, 0.1) is 25.8 Å². The molecular formula is C16H20F3NO3. The number of halogens is 3. The van der Waals surface area contributed by atoms with Gasteiger partial charge in [-0.3, -0.25) is 4.79 Å². The first-order valence-corrected chi connectivity index (χ1v) is 7.44. The lowest BCUT2D eigenvalue weighted by Crippen LogP contribution is -2.34. The minimum Gasteiger partial charge on any atom is -0.497 e. The number of methoxy groups -OCH3 is 2. The largest absolute Gasteiger partial charge is 0.497 e. The van der Waals surface area contributed by atoms with Crippen LogP contribution in [0.4, 0.5) is 18.9 Å². The minimum absolute atomic E-state index is 0.0964. The first-order chi connectivity index (χ1) is 10.8. The van der Waals surface area contributed by atoms with Crippen molar-refractivity contribution in [3.05, 3.63) is 18.2 Å². The summed E-state index contributed by atoms with van der Waals surface area (Å²) in [5.41, 5.74) is 0.424. The average Bonchev–Trinajstić information content (AvgIpc) is 2.54. The van der Waals surface area contributed by atoms with Gasteiger partial charge in [0.1, 0.15) is 11.5 Å². The fraction of sp³-hybridized carbons (Fsp3) is 0.562. The van der Waals surface area contributed by atoms with Crippen LogP contribution in [-0.4, -0.2) is 26.3 Å². The molecule has 1 aliphatic rings. The predicted octanol–water partition coefficient (Wildman–Crippen LogP) is 4.01. The molecule has 1 aromatic rings. The van der Waals surface area contributed by atoms with Gasteiger partial charge in [0.2, 0.25) is 5.91 Å². The van der Waals surface area contributed by atoms with E-state index in [9.17, 15) is 18.0 Å². The van der Waals surface area contributed by atoms with Gasteiger partial charge in [-0.25, -0.2) is 0 Å². The van der Waals surface area contributed by atoms with Crippen LogP contribution in [0.1, 0.15) is 25.7 Å². The number of ether oxygens (including phenoxy) is 2. The monoisotopic (exact) mass is 331 g/mol. The van der Waals surface area contributed by atoms with Crippen LogP contribution in [-0.2, 0) is 4.79 Å². The SMILES string of the molecule is COc1ccc(NC(=O)C2CCCC(C(F)(F)F)C2)c(OC)c1. The first-order valence-electron chi connectivity index (χ1n) is 7.44. The van der Waals surface area contributed by atoms with Crippen LogP contribution in [0.5, 0.6) is 11.5 Å². The second kappa shape index (κ2) is 7.10. The van der Waals surface area contributed by atoms with Crippen molar-refractivity contribution in [3.63, 3.8) is 0 Å². The second-order valence-corrected chi connectivity index (χ2v) is 5.66. The average molecular weight is 331 g/mol. The van der Waals surface area contributed by atoms with Crippen molar-refractivity contribution >= 4 is 11.6 Å². The molecule has 1 aromatic carbocycles. The lowest BCUT2D eigenvalue weighted by molar-refractivity contribution is -0.185. The molecule has 0 aliphatic heterocycles. The highest BCUT2D eigenvalue weighted by Crippen LogP contribution is 2.40. The standard InChI is InChI=1S/C16H20F3NO3/c1-22-12-6-7-13(14(9-12)23-2)20-15(21)10-4-3-5-11(8-10)16(17,18)19/h6-7,9-11H,3-5,8H2,1-2H3,(H,20,21). The topological polar surface area (TPSA) is 47.6 Å². The van der Waals surface area contributed by atoms with E-state index in [1.165, 1.54) is 14.2 Å². The van der Waals surface area contributed by atoms with Crippen molar-refractivity contribution in [3.8, 4) is 11.5 Å². The van der Waals surface area contributed by atoms with Crippen LogP contribution in [0.15, 0.2) is 18.2 Å². The van der Waals surface area contributed by atoms with Crippen molar-refractivity contribution in [2.75, 3.05) is 19.5 Å². The van der Waals surface area contributed by atoms with Gasteiger partial charge in [-0.15, -0.1) is 0 Å². The van der Waals surface area contributed by atoms with Crippen molar-refractivity contribution in [1.82, 2.24) is 0 Å². The molecule has 2 atom stereocenters. The Morgan fingerprint density at radius 1 is 1.22 bits per heavy atom. The number of nitrogens with one attached hydrogen (secondary N) is 1. The summed E-state index contributed by atoms with van der Waals surface area (Å²) in [6.07, 6.45) is -3.43. The maximum atomic E-state index is 12.8. The van der Waals surface area contributed by atoms with Crippen LogP contribution in [0.3, 0.4) is 0 Å². The molecule has 0 aromatic heterocycles. The summed E-state index contributed by atoms with van der Waals surface area (Å²) in [5.74, 6) is -1.47. The van der Waals surface area contributed by atoms with Gasteiger partial charge in [0.15, 0.2) is 0 Å². The first kappa shape index (κ1) is 17.4. The zero-order valence-corrected chi connectivity index (χ0v) is 13.1. The third kappa shape index (κ3) is 4.30. The molecule has 1 saturated carbocycles. The van der Waals surface area contributed by atoms with Gasteiger partial charge >= 0.3 is 6.18 Å². The molecule has 1 aliphatic carbocycles. The van der Waals surface area contributed by atoms with Gasteiger partial charge < -0.3 is 14.8 Å². The third-order valence-electron chi connectivity index (χ3n) is 4.17. The highest BCUT2D eigenvalue weighted by atomic mass is 19.4. The molecule has 7 heteroatoms. The van der Waals surface area contributed by atoms with Crippen LogP contribution in [0.25, 0.3) is 0 Å². The predicted molar refractivity (Wildman–Crippen MR) is 79.7 cm³/mol. The maximum Gasteiger partial charge on any atom is 0.391 e. The Morgan fingerprint density at radius 3 is 2.57 bits per heavy atom. The molecule has 1 N–H and O–H groups in total. The number of alkyl halides is 3. The number of rotatable bonds is 4. The molecule has 128 valence electrons. The highest BCUT2D eigenvalue weighted by molar-refractivity contribution is 5.94. The summed E-state index contributed by atoms with van der Waals surface area (Å²) in [6, 6.07) is 4.87. The molecule has 0 bridgehead atoms. The lowest BCUT2D eigenvalue weighted by atomic mass is 9.80. The lowest BCUT2D eigenvalue weighted by Gasteiger charge is -2.29. The summed E-state index contributed by atoms with van der Waals surface area (Å²) in [6.45, 7) is 0. The summed E-state index contributed by atoms with van der Waals surface area (Å²) in [5, 5.41) is 2.67. The Bertz CT molecular complexity index is 560. The van der Waals surface area contributed by atoms with E-state index in [0.29, 0.717) is 30.0 Å². The van der Waals surface area contributed by atoms with E-state index < -0.39 is 23.9 Å². The maximum absolute atomic E-state index is 12.8. The van der Waals surface area contributed by atoms with E-state index in [1.54, 1.807) is 18.2 Å². The Balaban J connectivity index is 2.07. The van der Waals surface area contributed by atoms with Crippen LogP contribution < -0.4 is 14.8 Å². The van der Waals surface area contributed by atoms with Crippen molar-refractivity contribution in [2.45, 2.75) is 31.9 Å². The molecule has 4 nitrogen and oxygen atoms in total. The Labute approximate surface area is 133 Å². The number of carbonyl (C=O) groups is 1. The van der Waals surface area contributed by atoms with E-state index >= 15 is 0 Å². The number of carbonyl (C=O) groups excluding carboxylic acids is 1. The Morgan fingerprint density at radius 2 is 1.96 bits per heavy atom. The zero-order chi connectivity index (χ0) is 17.0. The minimum atomic E-state index is -4.24. The van der Waals surface area contributed by atoms with Gasteiger partial charge in [0, 0.05) is 12.0 Å². The third-order valence-corrected chi connectivity index (χ3v) is 4.17. The number of hydrogen-bond donors (Lipinski definition) is 1. The number of amides is 1. The molecule has 2 rings (SSSR count). The number of benzene rings is 1. The highest BCUT2D eigenvalue weighted by Gasteiger charge is 2.43.